The van der Waals surface area contributed by atoms with E-state index in [1.54, 1.807) is 12.1 Å². The number of nitrogens with zero attached hydrogens (tertiary/aromatic N) is 1. The highest BCUT2D eigenvalue weighted by Gasteiger charge is 2.53. The van der Waals surface area contributed by atoms with Gasteiger partial charge < -0.3 is 5.32 Å². The number of nitrogens with one attached hydrogen (secondary N) is 1. The minimum Gasteiger partial charge on any atom is -0.319 e. The standard InChI is InChI=1S/C19H17BrN2O3S/c20-16-9-8-15(26-16)14(23)11-22-17(24)19(21-18(22)25)10-4-3-6-12-5-1-2-7-13(12)19/h1-2,5,7-9H,3-4,6,10-11H2,(H,21,25). The Labute approximate surface area is 163 Å². The van der Waals surface area contributed by atoms with Gasteiger partial charge in [-0.25, -0.2) is 4.79 Å². The van der Waals surface area contributed by atoms with E-state index in [0.29, 0.717) is 11.3 Å². The number of thiophene rings is 1. The third-order valence-electron chi connectivity index (χ3n) is 5.05. The molecule has 26 heavy (non-hydrogen) atoms. The number of urea groups is 1. The summed E-state index contributed by atoms with van der Waals surface area (Å²) in [5.74, 6) is -0.552. The summed E-state index contributed by atoms with van der Waals surface area (Å²) in [6, 6.07) is 10.8. The lowest BCUT2D eigenvalue weighted by Crippen LogP contribution is -2.44. The Balaban J connectivity index is 1.66. The van der Waals surface area contributed by atoms with E-state index >= 15 is 0 Å². The van der Waals surface area contributed by atoms with Crippen molar-refractivity contribution in [1.29, 1.82) is 0 Å². The number of Topliss-reactive ketones (excluding diaryl/α,β-unsaturated/α-hetero) is 1. The second kappa shape index (κ2) is 6.63. The van der Waals surface area contributed by atoms with Crippen LogP contribution in [0.4, 0.5) is 4.79 Å². The predicted molar refractivity (Wildman–Crippen MR) is 102 cm³/mol. The highest BCUT2D eigenvalue weighted by atomic mass is 79.9. The number of rotatable bonds is 3. The summed E-state index contributed by atoms with van der Waals surface area (Å²) < 4.78 is 0.840. The number of aryl methyl sites for hydroxylation is 1. The fourth-order valence-electron chi connectivity index (χ4n) is 3.80. The molecule has 1 N–H and O–H groups in total. The van der Waals surface area contributed by atoms with E-state index < -0.39 is 11.6 Å². The Bertz CT molecular complexity index is 910. The smallest absolute Gasteiger partial charge is 0.319 e. The number of ketones is 1. The van der Waals surface area contributed by atoms with E-state index in [1.165, 1.54) is 11.3 Å². The molecule has 0 saturated carbocycles. The van der Waals surface area contributed by atoms with Crippen LogP contribution in [-0.4, -0.2) is 29.2 Å². The van der Waals surface area contributed by atoms with Crippen molar-refractivity contribution in [3.05, 3.63) is 56.2 Å². The Morgan fingerprint density at radius 1 is 1.19 bits per heavy atom. The van der Waals surface area contributed by atoms with Crippen molar-refractivity contribution in [2.24, 2.45) is 0 Å². The first-order valence-corrected chi connectivity index (χ1v) is 10.1. The molecule has 0 bridgehead atoms. The number of halogens is 1. The lowest BCUT2D eigenvalue weighted by atomic mass is 9.84. The topological polar surface area (TPSA) is 66.5 Å². The molecule has 1 unspecified atom stereocenters. The van der Waals surface area contributed by atoms with Crippen molar-refractivity contribution in [2.75, 3.05) is 6.54 Å². The number of hydrogen-bond acceptors (Lipinski definition) is 4. The second-order valence-corrected chi connectivity index (χ2v) is 9.08. The van der Waals surface area contributed by atoms with Gasteiger partial charge in [0.2, 0.25) is 0 Å². The number of imide groups is 1. The number of hydrogen-bond donors (Lipinski definition) is 1. The van der Waals surface area contributed by atoms with Crippen molar-refractivity contribution >= 4 is 45.0 Å². The van der Waals surface area contributed by atoms with E-state index in [2.05, 4.69) is 21.2 Å². The summed E-state index contributed by atoms with van der Waals surface area (Å²) in [5, 5.41) is 2.91. The fraction of sp³-hybridized carbons (Fsp3) is 0.316. The van der Waals surface area contributed by atoms with E-state index in [9.17, 15) is 14.4 Å². The molecule has 1 fully saturated rings. The van der Waals surface area contributed by atoms with Crippen LogP contribution >= 0.6 is 27.3 Å². The lowest BCUT2D eigenvalue weighted by Gasteiger charge is -2.27. The van der Waals surface area contributed by atoms with Crippen LogP contribution in [0.1, 0.15) is 40.1 Å². The molecule has 7 heteroatoms. The van der Waals surface area contributed by atoms with Crippen LogP contribution in [0.25, 0.3) is 0 Å². The zero-order chi connectivity index (χ0) is 18.3. The molecular weight excluding hydrogens is 416 g/mol. The van der Waals surface area contributed by atoms with Crippen molar-refractivity contribution in [3.63, 3.8) is 0 Å². The highest BCUT2D eigenvalue weighted by Crippen LogP contribution is 2.39. The van der Waals surface area contributed by atoms with E-state index in [4.69, 9.17) is 0 Å². The predicted octanol–water partition coefficient (Wildman–Crippen LogP) is 3.87. The van der Waals surface area contributed by atoms with Gasteiger partial charge in [-0.05, 0) is 64.9 Å². The van der Waals surface area contributed by atoms with Crippen molar-refractivity contribution in [1.82, 2.24) is 10.2 Å². The van der Waals surface area contributed by atoms with E-state index in [1.807, 2.05) is 24.3 Å². The summed E-state index contributed by atoms with van der Waals surface area (Å²) in [7, 11) is 0. The van der Waals surface area contributed by atoms with Crippen molar-refractivity contribution in [2.45, 2.75) is 31.2 Å². The normalized spacial score (nSPS) is 22.3. The second-order valence-electron chi connectivity index (χ2n) is 6.62. The molecule has 1 saturated heterocycles. The maximum Gasteiger partial charge on any atom is 0.325 e. The number of benzene rings is 1. The Morgan fingerprint density at radius 2 is 2.00 bits per heavy atom. The maximum atomic E-state index is 13.3. The fourth-order valence-corrected chi connectivity index (χ4v) is 5.12. The molecule has 1 aromatic heterocycles. The first kappa shape index (κ1) is 17.4. The van der Waals surface area contributed by atoms with Crippen molar-refractivity contribution in [3.8, 4) is 0 Å². The van der Waals surface area contributed by atoms with Crippen LogP contribution in [0, 0.1) is 0 Å². The molecule has 4 rings (SSSR count). The Morgan fingerprint density at radius 3 is 2.77 bits per heavy atom. The molecule has 1 aliphatic heterocycles. The van der Waals surface area contributed by atoms with Crippen LogP contribution < -0.4 is 5.32 Å². The third kappa shape index (κ3) is 2.79. The van der Waals surface area contributed by atoms with Crippen LogP contribution in [0.5, 0.6) is 0 Å². The van der Waals surface area contributed by atoms with Gasteiger partial charge in [-0.1, -0.05) is 24.3 Å². The molecular formula is C19H17BrN2O3S. The molecule has 2 aromatic rings. The third-order valence-corrected chi connectivity index (χ3v) is 6.72. The average molecular weight is 433 g/mol. The van der Waals surface area contributed by atoms with E-state index in [0.717, 1.165) is 39.1 Å². The van der Waals surface area contributed by atoms with Gasteiger partial charge in [0.25, 0.3) is 5.91 Å². The quantitative estimate of drug-likeness (QED) is 0.591. The molecule has 1 aromatic carbocycles. The largest absolute Gasteiger partial charge is 0.325 e. The first-order chi connectivity index (χ1) is 12.5. The molecule has 1 aliphatic carbocycles. The lowest BCUT2D eigenvalue weighted by molar-refractivity contribution is -0.131. The van der Waals surface area contributed by atoms with Gasteiger partial charge in [0.1, 0.15) is 5.54 Å². The number of carbonyl (C=O) groups excluding carboxylic acids is 3. The van der Waals surface area contributed by atoms with Crippen LogP contribution in [0.15, 0.2) is 40.2 Å². The van der Waals surface area contributed by atoms with Gasteiger partial charge in [0, 0.05) is 0 Å². The Kier molecular flexibility index (Phi) is 4.44. The van der Waals surface area contributed by atoms with Crippen LogP contribution in [0.2, 0.25) is 0 Å². The molecule has 0 radical (unpaired) electrons. The monoisotopic (exact) mass is 432 g/mol. The molecule has 2 heterocycles. The summed E-state index contributed by atoms with van der Waals surface area (Å²) in [6.45, 7) is -0.235. The zero-order valence-electron chi connectivity index (χ0n) is 14.0. The van der Waals surface area contributed by atoms with Crippen LogP contribution in [-0.2, 0) is 16.8 Å². The Hall–Kier alpha value is -1.99. The molecule has 1 atom stereocenters. The van der Waals surface area contributed by atoms with E-state index in [-0.39, 0.29) is 18.2 Å². The van der Waals surface area contributed by atoms with Gasteiger partial charge in [-0.3, -0.25) is 14.5 Å². The minimum atomic E-state index is -1.04. The molecule has 134 valence electrons. The number of carbonyl (C=O) groups is 3. The van der Waals surface area contributed by atoms with Gasteiger partial charge in [0.15, 0.2) is 5.78 Å². The van der Waals surface area contributed by atoms with Gasteiger partial charge in [0.05, 0.1) is 15.2 Å². The zero-order valence-corrected chi connectivity index (χ0v) is 16.4. The minimum absolute atomic E-state index is 0.233. The highest BCUT2D eigenvalue weighted by molar-refractivity contribution is 9.11. The summed E-state index contributed by atoms with van der Waals surface area (Å²) in [5.41, 5.74) is 0.916. The number of fused-ring (bicyclic) bond motifs is 2. The molecule has 1 spiro atoms. The summed E-state index contributed by atoms with van der Waals surface area (Å²) in [6.07, 6.45) is 3.28. The SMILES string of the molecule is O=C(CN1C(=O)NC2(CCCCc3ccccc32)C1=O)c1ccc(Br)s1. The van der Waals surface area contributed by atoms with Crippen molar-refractivity contribution < 1.29 is 14.4 Å². The summed E-state index contributed by atoms with van der Waals surface area (Å²) in [4.78, 5) is 40.0. The van der Waals surface area contributed by atoms with Gasteiger partial charge in [-0.15, -0.1) is 11.3 Å². The molecule has 5 nitrogen and oxygen atoms in total. The maximum absolute atomic E-state index is 13.3. The first-order valence-electron chi connectivity index (χ1n) is 8.52. The number of amides is 3. The summed E-state index contributed by atoms with van der Waals surface area (Å²) >= 11 is 4.63. The van der Waals surface area contributed by atoms with Gasteiger partial charge in [-0.2, -0.15) is 0 Å². The van der Waals surface area contributed by atoms with Gasteiger partial charge >= 0.3 is 6.03 Å². The molecule has 2 aliphatic rings. The molecule has 3 amide bonds. The average Bonchev–Trinajstić information content (AvgIpc) is 3.09. The van der Waals surface area contributed by atoms with Crippen LogP contribution in [0.3, 0.4) is 0 Å².